The number of nitrogens with one attached hydrogen (secondary N) is 2. The quantitative estimate of drug-likeness (QED) is 0.133. The van der Waals surface area contributed by atoms with E-state index in [1.807, 2.05) is 4.90 Å². The maximum Gasteiger partial charge on any atom is 0.146 e. The lowest BCUT2D eigenvalue weighted by atomic mass is 9.65. The first kappa shape index (κ1) is 24.3. The summed E-state index contributed by atoms with van der Waals surface area (Å²) in [5.74, 6) is -1.05. The number of alkyl halides is 3. The number of fused-ring (bicyclic) bond motifs is 1. The predicted molar refractivity (Wildman–Crippen MR) is 117 cm³/mol. The lowest BCUT2D eigenvalue weighted by Crippen LogP contribution is -2.71. The molecule has 9 atom stereocenters. The summed E-state index contributed by atoms with van der Waals surface area (Å²) in [6.07, 6.45) is -1.11. The van der Waals surface area contributed by atoms with Gasteiger partial charge in [0, 0.05) is 68.4 Å². The summed E-state index contributed by atoms with van der Waals surface area (Å²) >= 11 is 6.72. The molecule has 4 rings (SSSR count). The number of aliphatic hydroxyl groups excluding tert-OH is 2. The molecule has 2 aliphatic carbocycles. The molecule has 184 valence electrons. The molecule has 0 amide bonds. The van der Waals surface area contributed by atoms with Crippen molar-refractivity contribution < 1.29 is 24.2 Å². The molecular formula is C21H36ClF2N5O3. The van der Waals surface area contributed by atoms with Gasteiger partial charge in [-0.3, -0.25) is 15.5 Å². The van der Waals surface area contributed by atoms with Crippen LogP contribution in [0.25, 0.3) is 0 Å². The van der Waals surface area contributed by atoms with Gasteiger partial charge in [-0.05, 0) is 25.7 Å². The fourth-order valence-corrected chi connectivity index (χ4v) is 6.90. The molecule has 8 nitrogen and oxygen atoms in total. The maximum absolute atomic E-state index is 15.9. The van der Waals surface area contributed by atoms with Crippen molar-refractivity contribution in [2.24, 2.45) is 22.9 Å². The first-order chi connectivity index (χ1) is 15.5. The van der Waals surface area contributed by atoms with E-state index in [-0.39, 0.29) is 18.7 Å². The van der Waals surface area contributed by atoms with Gasteiger partial charge in [0.1, 0.15) is 18.2 Å². The highest BCUT2D eigenvalue weighted by Gasteiger charge is 2.55. The van der Waals surface area contributed by atoms with Crippen molar-refractivity contribution >= 4 is 17.4 Å². The third kappa shape index (κ3) is 4.72. The smallest absolute Gasteiger partial charge is 0.146 e. The zero-order valence-electron chi connectivity index (χ0n) is 18.3. The number of piperazine rings is 1. The Labute approximate surface area is 193 Å². The molecule has 0 bridgehead atoms. The summed E-state index contributed by atoms with van der Waals surface area (Å²) in [6.45, 7) is 3.06. The van der Waals surface area contributed by atoms with Crippen LogP contribution in [-0.4, -0.2) is 107 Å². The van der Waals surface area contributed by atoms with E-state index in [0.29, 0.717) is 70.8 Å². The lowest BCUT2D eigenvalue weighted by molar-refractivity contribution is -0.0815. The van der Waals surface area contributed by atoms with Gasteiger partial charge in [0.2, 0.25) is 0 Å². The first-order valence-corrected chi connectivity index (χ1v) is 12.3. The van der Waals surface area contributed by atoms with Crippen LogP contribution in [0.3, 0.4) is 0 Å². The molecule has 0 aromatic rings. The molecule has 5 N–H and O–H groups in total. The number of nitrogens with zero attached hydrogens (tertiary/aromatic N) is 3. The van der Waals surface area contributed by atoms with Crippen molar-refractivity contribution in [2.75, 3.05) is 39.5 Å². The zero-order valence-corrected chi connectivity index (χ0v) is 19.0. The molecule has 2 saturated carbocycles. The first-order valence-electron chi connectivity index (χ1n) is 11.8. The Morgan fingerprint density at radius 1 is 1.09 bits per heavy atom. The average molecular weight is 480 g/mol. The van der Waals surface area contributed by atoms with E-state index >= 15 is 4.39 Å². The van der Waals surface area contributed by atoms with E-state index in [1.165, 1.54) is 0 Å². The molecule has 0 aromatic heterocycles. The largest absolute Gasteiger partial charge is 0.409 e. The second-order valence-corrected chi connectivity index (χ2v) is 10.2. The van der Waals surface area contributed by atoms with Crippen LogP contribution in [0.4, 0.5) is 8.78 Å². The Bertz CT molecular complexity index is 647. The molecule has 2 aliphatic heterocycles. The molecule has 32 heavy (non-hydrogen) atoms. The normalized spacial score (nSPS) is 44.3. The monoisotopic (exact) mass is 479 g/mol. The van der Waals surface area contributed by atoms with E-state index in [4.69, 9.17) is 16.7 Å². The van der Waals surface area contributed by atoms with Crippen molar-refractivity contribution in [1.82, 2.24) is 20.4 Å². The maximum atomic E-state index is 15.9. The van der Waals surface area contributed by atoms with Crippen molar-refractivity contribution in [3.63, 3.8) is 0 Å². The van der Waals surface area contributed by atoms with Crippen molar-refractivity contribution in [2.45, 2.75) is 68.1 Å². The van der Waals surface area contributed by atoms with Crippen LogP contribution >= 0.6 is 11.6 Å². The van der Waals surface area contributed by atoms with Crippen LogP contribution in [0.15, 0.2) is 5.16 Å². The number of hydrogen-bond donors (Lipinski definition) is 5. The minimum Gasteiger partial charge on any atom is -0.409 e. The van der Waals surface area contributed by atoms with Crippen LogP contribution in [-0.2, 0) is 0 Å². The fourth-order valence-electron chi connectivity index (χ4n) is 6.39. The number of aliphatic hydroxyl groups is 2. The van der Waals surface area contributed by atoms with Crippen molar-refractivity contribution in [3.05, 3.63) is 0 Å². The summed E-state index contributed by atoms with van der Waals surface area (Å²) < 4.78 is 30.6. The lowest BCUT2D eigenvalue weighted by Gasteiger charge is -2.54. The highest BCUT2D eigenvalue weighted by atomic mass is 35.5. The predicted octanol–water partition coefficient (Wildman–Crippen LogP) is 0.700. The molecule has 0 aromatic carbocycles. The Morgan fingerprint density at radius 3 is 2.50 bits per heavy atom. The highest BCUT2D eigenvalue weighted by molar-refractivity contribution is 6.21. The molecule has 4 fully saturated rings. The molecular weight excluding hydrogens is 444 g/mol. The van der Waals surface area contributed by atoms with Crippen LogP contribution in [0, 0.1) is 17.8 Å². The van der Waals surface area contributed by atoms with Crippen LogP contribution in [0.1, 0.15) is 32.1 Å². The Morgan fingerprint density at radius 2 is 1.84 bits per heavy atom. The third-order valence-electron chi connectivity index (χ3n) is 7.95. The summed E-state index contributed by atoms with van der Waals surface area (Å²) in [5.41, 5.74) is 0. The molecule has 2 heterocycles. The summed E-state index contributed by atoms with van der Waals surface area (Å²) in [4.78, 5) is 4.23. The van der Waals surface area contributed by atoms with Gasteiger partial charge in [0.25, 0.3) is 0 Å². The van der Waals surface area contributed by atoms with E-state index in [0.717, 1.165) is 0 Å². The highest BCUT2D eigenvalue weighted by Crippen LogP contribution is 2.46. The summed E-state index contributed by atoms with van der Waals surface area (Å²) in [6, 6.07) is -0.440. The van der Waals surface area contributed by atoms with Gasteiger partial charge < -0.3 is 20.3 Å². The Balaban J connectivity index is 1.43. The zero-order chi connectivity index (χ0) is 22.8. The Kier molecular flexibility index (Phi) is 8.10. The Hall–Kier alpha value is -0.780. The number of halogens is 3. The third-order valence-corrected chi connectivity index (χ3v) is 8.42. The van der Waals surface area contributed by atoms with E-state index in [9.17, 15) is 14.7 Å². The van der Waals surface area contributed by atoms with E-state index in [1.54, 1.807) is 0 Å². The number of hydrogen-bond acceptors (Lipinski definition) is 7. The van der Waals surface area contributed by atoms with Crippen LogP contribution in [0.2, 0.25) is 0 Å². The van der Waals surface area contributed by atoms with Gasteiger partial charge in [-0.15, -0.1) is 11.6 Å². The summed E-state index contributed by atoms with van der Waals surface area (Å²) in [7, 11) is 0. The van der Waals surface area contributed by atoms with Gasteiger partial charge in [0.05, 0.1) is 18.9 Å². The topological polar surface area (TPSA) is 104 Å². The molecule has 2 saturated heterocycles. The average Bonchev–Trinajstić information content (AvgIpc) is 2.79. The van der Waals surface area contributed by atoms with Crippen molar-refractivity contribution in [3.8, 4) is 0 Å². The SMILES string of the molecule is OCC/C(=N\O)N1CCN(C2NCNC3C(F)C(C4C(O)CCCC4F)C(Cl)CC32)CC1. The number of amidine groups is 1. The van der Waals surface area contributed by atoms with E-state index in [2.05, 4.69) is 20.7 Å². The van der Waals surface area contributed by atoms with Gasteiger partial charge >= 0.3 is 0 Å². The second-order valence-electron chi connectivity index (χ2n) is 9.60. The fraction of sp³-hybridized carbons (Fsp3) is 0.952. The molecule has 4 aliphatic rings. The van der Waals surface area contributed by atoms with Crippen LogP contribution in [0.5, 0.6) is 0 Å². The summed E-state index contributed by atoms with van der Waals surface area (Å²) in [5, 5.41) is 38.3. The van der Waals surface area contributed by atoms with Gasteiger partial charge in [0.15, 0.2) is 0 Å². The van der Waals surface area contributed by atoms with E-state index < -0.39 is 41.7 Å². The van der Waals surface area contributed by atoms with Gasteiger partial charge in [-0.2, -0.15) is 0 Å². The molecule has 9 unspecified atom stereocenters. The molecule has 0 radical (unpaired) electrons. The molecule has 11 heteroatoms. The second kappa shape index (κ2) is 10.7. The minimum atomic E-state index is -1.32. The van der Waals surface area contributed by atoms with Crippen LogP contribution < -0.4 is 10.6 Å². The van der Waals surface area contributed by atoms with Gasteiger partial charge in [-0.25, -0.2) is 8.78 Å². The molecule has 0 spiro atoms. The van der Waals surface area contributed by atoms with Crippen molar-refractivity contribution in [1.29, 1.82) is 0 Å². The number of rotatable bonds is 4. The minimum absolute atomic E-state index is 0.0614. The van der Waals surface area contributed by atoms with Gasteiger partial charge in [-0.1, -0.05) is 5.16 Å². The standard InChI is InChI=1S/C21H36ClF2N5O3/c22-13-10-12-20(19(24)17(13)18-14(23)2-1-3-15(18)31)25-11-26-21(12)29-7-5-28(6-8-29)16(27-32)4-9-30/h12-15,17-21,25-26,30-32H,1-11H2/b27-16+. The number of oxime groups is 1.